The van der Waals surface area contributed by atoms with E-state index in [9.17, 15) is 14.9 Å². The molecule has 2 aromatic carbocycles. The number of methoxy groups -OCH3 is 2. The summed E-state index contributed by atoms with van der Waals surface area (Å²) >= 11 is 1.38. The summed E-state index contributed by atoms with van der Waals surface area (Å²) in [4.78, 5) is 32.5. The molecule has 3 rings (SSSR count). The molecule has 184 valence electrons. The number of non-ortho nitro benzene ring substituents is 1. The van der Waals surface area contributed by atoms with Crippen LogP contribution in [0.4, 0.5) is 10.8 Å². The largest absolute Gasteiger partial charge is 0.495 e. The molecule has 0 aliphatic heterocycles. The van der Waals surface area contributed by atoms with Gasteiger partial charge in [-0.2, -0.15) is 0 Å². The highest BCUT2D eigenvalue weighted by atomic mass is 35.5. The van der Waals surface area contributed by atoms with Gasteiger partial charge in [-0.3, -0.25) is 19.8 Å². The van der Waals surface area contributed by atoms with Crippen molar-refractivity contribution in [3.8, 4) is 11.5 Å². The first-order valence-corrected chi connectivity index (χ1v) is 11.5. The molecule has 0 radical (unpaired) electrons. The first-order valence-electron chi connectivity index (χ1n) is 10.7. The van der Waals surface area contributed by atoms with Gasteiger partial charge in [-0.05, 0) is 30.8 Å². The van der Waals surface area contributed by atoms with Gasteiger partial charge in [0.15, 0.2) is 5.13 Å². The molecule has 1 aromatic heterocycles. The lowest BCUT2D eigenvalue weighted by Crippen LogP contribution is -2.39. The number of thiazole rings is 1. The topological polar surface area (TPSA) is 98.0 Å². The van der Waals surface area contributed by atoms with E-state index >= 15 is 0 Å². The number of nitro groups is 1. The summed E-state index contributed by atoms with van der Waals surface area (Å²) in [5, 5.41) is 11.5. The van der Waals surface area contributed by atoms with Gasteiger partial charge in [0.2, 0.25) is 5.91 Å². The third kappa shape index (κ3) is 6.13. The van der Waals surface area contributed by atoms with E-state index in [0.717, 1.165) is 17.8 Å². The predicted molar refractivity (Wildman–Crippen MR) is 137 cm³/mol. The number of likely N-dealkylation sites (N-methyl/N-ethyl adjacent to an activating group) is 1. The van der Waals surface area contributed by atoms with E-state index in [1.54, 1.807) is 37.3 Å². The molecule has 0 fully saturated rings. The van der Waals surface area contributed by atoms with Crippen LogP contribution < -0.4 is 14.4 Å². The van der Waals surface area contributed by atoms with Crippen molar-refractivity contribution in [2.75, 3.05) is 45.3 Å². The molecule has 0 atom stereocenters. The molecule has 1 amide bonds. The normalized spacial score (nSPS) is 10.7. The Hall–Kier alpha value is -2.95. The fourth-order valence-corrected chi connectivity index (χ4v) is 4.62. The quantitative estimate of drug-likeness (QED) is 0.276. The van der Waals surface area contributed by atoms with Crippen molar-refractivity contribution in [2.45, 2.75) is 20.3 Å². The number of carbonyl (C=O) groups excluding carboxylic acids is 1. The molecule has 0 unspecified atom stereocenters. The monoisotopic (exact) mass is 508 g/mol. The van der Waals surface area contributed by atoms with Crippen LogP contribution in [0, 0.1) is 10.1 Å². The van der Waals surface area contributed by atoms with Crippen LogP contribution in [0.1, 0.15) is 19.4 Å². The van der Waals surface area contributed by atoms with Crippen molar-refractivity contribution < 1.29 is 19.2 Å². The molecule has 0 saturated heterocycles. The van der Waals surface area contributed by atoms with Gasteiger partial charge in [0.25, 0.3) is 5.69 Å². The highest BCUT2D eigenvalue weighted by Gasteiger charge is 2.23. The highest BCUT2D eigenvalue weighted by molar-refractivity contribution is 7.22. The summed E-state index contributed by atoms with van der Waals surface area (Å²) in [6.45, 7) is 7.09. The number of fused-ring (bicyclic) bond motifs is 1. The average Bonchev–Trinajstić information content (AvgIpc) is 3.26. The Kier molecular flexibility index (Phi) is 10.0. The molecule has 34 heavy (non-hydrogen) atoms. The lowest BCUT2D eigenvalue weighted by atomic mass is 10.1. The first kappa shape index (κ1) is 27.3. The molecule has 0 spiro atoms. The second kappa shape index (κ2) is 12.5. The van der Waals surface area contributed by atoms with Crippen molar-refractivity contribution in [2.24, 2.45) is 0 Å². The molecule has 0 aliphatic carbocycles. The Morgan fingerprint density at radius 3 is 2.21 bits per heavy atom. The maximum atomic E-state index is 13.4. The lowest BCUT2D eigenvalue weighted by molar-refractivity contribution is -0.384. The molecule has 0 aliphatic rings. The highest BCUT2D eigenvalue weighted by Crippen LogP contribution is 2.40. The van der Waals surface area contributed by atoms with Crippen LogP contribution in [0.2, 0.25) is 0 Å². The third-order valence-electron chi connectivity index (χ3n) is 5.47. The molecule has 0 saturated carbocycles. The Bertz CT molecular complexity index is 1080. The van der Waals surface area contributed by atoms with E-state index < -0.39 is 4.92 Å². The van der Waals surface area contributed by atoms with Crippen LogP contribution in [0.3, 0.4) is 0 Å². The minimum Gasteiger partial charge on any atom is -0.495 e. The van der Waals surface area contributed by atoms with E-state index in [1.165, 1.54) is 23.5 Å². The number of carbonyl (C=O) groups is 1. The first-order chi connectivity index (χ1) is 15.9. The van der Waals surface area contributed by atoms with Gasteiger partial charge in [-0.25, -0.2) is 4.98 Å². The zero-order valence-electron chi connectivity index (χ0n) is 19.6. The number of benzene rings is 2. The Labute approximate surface area is 208 Å². The molecule has 0 N–H and O–H groups in total. The third-order valence-corrected chi connectivity index (χ3v) is 6.56. The number of nitrogens with zero attached hydrogens (tertiary/aromatic N) is 4. The second-order valence-electron chi connectivity index (χ2n) is 7.32. The summed E-state index contributed by atoms with van der Waals surface area (Å²) < 4.78 is 11.8. The number of hydrogen-bond donors (Lipinski definition) is 0. The number of rotatable bonds is 11. The molecular formula is C23H29ClN4O5S. The summed E-state index contributed by atoms with van der Waals surface area (Å²) in [5.41, 5.74) is 1.34. The van der Waals surface area contributed by atoms with Crippen molar-refractivity contribution in [3.05, 3.63) is 52.1 Å². The van der Waals surface area contributed by atoms with Crippen LogP contribution in [0.5, 0.6) is 11.5 Å². The van der Waals surface area contributed by atoms with E-state index in [1.807, 2.05) is 6.07 Å². The molecule has 1 heterocycles. The fraction of sp³-hybridized carbons (Fsp3) is 0.391. The molecular weight excluding hydrogens is 480 g/mol. The van der Waals surface area contributed by atoms with Crippen molar-refractivity contribution in [1.82, 2.24) is 9.88 Å². The van der Waals surface area contributed by atoms with Gasteiger partial charge in [-0.1, -0.05) is 37.3 Å². The van der Waals surface area contributed by atoms with Crippen molar-refractivity contribution in [1.29, 1.82) is 0 Å². The molecule has 3 aromatic rings. The van der Waals surface area contributed by atoms with Gasteiger partial charge in [-0.15, -0.1) is 12.4 Å². The van der Waals surface area contributed by atoms with Crippen LogP contribution in [0.25, 0.3) is 10.2 Å². The van der Waals surface area contributed by atoms with Gasteiger partial charge in [0.1, 0.15) is 21.7 Å². The Morgan fingerprint density at radius 1 is 1.03 bits per heavy atom. The van der Waals surface area contributed by atoms with Crippen LogP contribution in [-0.4, -0.2) is 61.1 Å². The summed E-state index contributed by atoms with van der Waals surface area (Å²) in [5.74, 6) is 1.15. The maximum absolute atomic E-state index is 13.4. The number of amides is 1. The van der Waals surface area contributed by atoms with Gasteiger partial charge < -0.3 is 14.4 Å². The second-order valence-corrected chi connectivity index (χ2v) is 8.29. The van der Waals surface area contributed by atoms with Crippen LogP contribution in [0.15, 0.2) is 36.4 Å². The van der Waals surface area contributed by atoms with Crippen molar-refractivity contribution >= 4 is 50.7 Å². The number of hydrogen-bond acceptors (Lipinski definition) is 8. The van der Waals surface area contributed by atoms with Gasteiger partial charge in [0, 0.05) is 25.2 Å². The smallest absolute Gasteiger partial charge is 0.269 e. The van der Waals surface area contributed by atoms with Crippen LogP contribution in [-0.2, 0) is 11.2 Å². The zero-order valence-corrected chi connectivity index (χ0v) is 21.3. The summed E-state index contributed by atoms with van der Waals surface area (Å²) in [6, 6.07) is 9.67. The van der Waals surface area contributed by atoms with Crippen molar-refractivity contribution in [3.63, 3.8) is 0 Å². The summed E-state index contributed by atoms with van der Waals surface area (Å²) in [7, 11) is 3.18. The van der Waals surface area contributed by atoms with E-state index in [4.69, 9.17) is 14.5 Å². The number of anilines is 1. The van der Waals surface area contributed by atoms with Gasteiger partial charge >= 0.3 is 0 Å². The number of nitro benzene ring substituents is 1. The standard InChI is InChI=1S/C23H28N4O5S.ClH/c1-5-25(6-2)13-14-26(20(28)15-16-7-9-17(10-8-16)27(29)30)23-24-21-18(31-3)11-12-19(32-4)22(21)33-23;/h7-12H,5-6,13-15H2,1-4H3;1H. The molecule has 11 heteroatoms. The number of halogens is 1. The van der Waals surface area contributed by atoms with E-state index in [-0.39, 0.29) is 30.4 Å². The minimum absolute atomic E-state index is 0. The predicted octanol–water partition coefficient (Wildman–Crippen LogP) is 4.56. The molecule has 9 nitrogen and oxygen atoms in total. The Balaban J connectivity index is 0.00000408. The maximum Gasteiger partial charge on any atom is 0.269 e. The van der Waals surface area contributed by atoms with Gasteiger partial charge in [0.05, 0.1) is 25.6 Å². The zero-order chi connectivity index (χ0) is 24.0. The minimum atomic E-state index is -0.454. The fourth-order valence-electron chi connectivity index (χ4n) is 3.50. The average molecular weight is 509 g/mol. The number of aromatic nitrogens is 1. The summed E-state index contributed by atoms with van der Waals surface area (Å²) in [6.07, 6.45) is 0.112. The molecule has 0 bridgehead atoms. The Morgan fingerprint density at radius 2 is 1.65 bits per heavy atom. The number of ether oxygens (including phenoxy) is 2. The van der Waals surface area contributed by atoms with Crippen LogP contribution >= 0.6 is 23.7 Å². The van der Waals surface area contributed by atoms with E-state index in [2.05, 4.69) is 18.7 Å². The van der Waals surface area contributed by atoms with E-state index in [0.29, 0.717) is 40.8 Å². The SMILES string of the molecule is CCN(CC)CCN(C(=O)Cc1ccc([N+](=O)[O-])cc1)c1nc2c(OC)ccc(OC)c2s1.Cl. The lowest BCUT2D eigenvalue weighted by Gasteiger charge is -2.24.